The highest BCUT2D eigenvalue weighted by molar-refractivity contribution is 6.05. The van der Waals surface area contributed by atoms with E-state index in [9.17, 15) is 39.0 Å². The fourth-order valence-electron chi connectivity index (χ4n) is 3.46. The Labute approximate surface area is 216 Å². The Morgan fingerprint density at radius 2 is 0.816 bits per heavy atom. The van der Waals surface area contributed by atoms with Gasteiger partial charge >= 0.3 is 35.8 Å². The van der Waals surface area contributed by atoms with Crippen LogP contribution in [0.2, 0.25) is 0 Å². The number of hydrogen-bond acceptors (Lipinski definition) is 8. The predicted molar refractivity (Wildman–Crippen MR) is 129 cm³/mol. The molecule has 0 aromatic heterocycles. The Hall–Kier alpha value is -4.74. The summed E-state index contributed by atoms with van der Waals surface area (Å²) in [4.78, 5) is 69.0. The molecule has 12 nitrogen and oxygen atoms in total. The second-order valence-corrected chi connectivity index (χ2v) is 8.13. The molecule has 0 unspecified atom stereocenters. The quantitative estimate of drug-likeness (QED) is 0.192. The van der Waals surface area contributed by atoms with Crippen LogP contribution in [0.5, 0.6) is 0 Å². The van der Waals surface area contributed by atoms with Crippen LogP contribution in [0, 0.1) is 0 Å². The van der Waals surface area contributed by atoms with E-state index >= 15 is 0 Å². The van der Waals surface area contributed by atoms with Crippen LogP contribution in [-0.4, -0.2) is 69.5 Å². The SMILES string of the molecule is O=C(O)c1ccc(C(=O)OCCCCCCCCOC(=O)c2ccc(C(=O)O)cc2C(=O)O)c(C(=O)O)c1. The lowest BCUT2D eigenvalue weighted by atomic mass is 10.0. The predicted octanol–water partition coefficient (Wildman–Crippen LogP) is 3.83. The zero-order valence-corrected chi connectivity index (χ0v) is 20.2. The van der Waals surface area contributed by atoms with Gasteiger partial charge in [0.25, 0.3) is 0 Å². The van der Waals surface area contributed by atoms with Gasteiger partial charge in [0.1, 0.15) is 0 Å². The highest BCUT2D eigenvalue weighted by Crippen LogP contribution is 2.16. The maximum atomic E-state index is 12.2. The van der Waals surface area contributed by atoms with Crippen molar-refractivity contribution in [3.63, 3.8) is 0 Å². The lowest BCUT2D eigenvalue weighted by molar-refractivity contribution is 0.0478. The van der Waals surface area contributed by atoms with Gasteiger partial charge in [0.05, 0.1) is 46.6 Å². The number of carbonyl (C=O) groups excluding carboxylic acids is 2. The van der Waals surface area contributed by atoms with Crippen molar-refractivity contribution in [2.24, 2.45) is 0 Å². The molecule has 0 saturated heterocycles. The average molecular weight is 530 g/mol. The number of rotatable bonds is 15. The molecule has 2 rings (SSSR count). The van der Waals surface area contributed by atoms with Gasteiger partial charge in [-0.05, 0) is 49.2 Å². The summed E-state index contributed by atoms with van der Waals surface area (Å²) in [6.45, 7) is 0.117. The molecule has 0 aliphatic heterocycles. The highest BCUT2D eigenvalue weighted by Gasteiger charge is 2.21. The molecule has 0 bridgehead atoms. The van der Waals surface area contributed by atoms with Crippen molar-refractivity contribution < 1.29 is 58.7 Å². The lowest BCUT2D eigenvalue weighted by Crippen LogP contribution is -2.14. The maximum Gasteiger partial charge on any atom is 0.339 e. The monoisotopic (exact) mass is 530 g/mol. The van der Waals surface area contributed by atoms with Crippen LogP contribution in [0.3, 0.4) is 0 Å². The molecule has 0 spiro atoms. The molecular weight excluding hydrogens is 504 g/mol. The van der Waals surface area contributed by atoms with Crippen LogP contribution in [0.15, 0.2) is 36.4 Å². The molecule has 202 valence electrons. The summed E-state index contributed by atoms with van der Waals surface area (Å²) in [5.41, 5.74) is -1.88. The van der Waals surface area contributed by atoms with Crippen molar-refractivity contribution in [3.05, 3.63) is 69.8 Å². The van der Waals surface area contributed by atoms with E-state index in [-0.39, 0.29) is 35.5 Å². The van der Waals surface area contributed by atoms with E-state index in [1.54, 1.807) is 0 Å². The van der Waals surface area contributed by atoms with E-state index in [0.29, 0.717) is 25.7 Å². The van der Waals surface area contributed by atoms with Crippen molar-refractivity contribution >= 4 is 35.8 Å². The van der Waals surface area contributed by atoms with E-state index in [4.69, 9.17) is 19.7 Å². The zero-order chi connectivity index (χ0) is 28.2. The van der Waals surface area contributed by atoms with E-state index < -0.39 is 46.9 Å². The van der Waals surface area contributed by atoms with Crippen LogP contribution < -0.4 is 0 Å². The number of unbranched alkanes of at least 4 members (excludes halogenated alkanes) is 5. The van der Waals surface area contributed by atoms with Gasteiger partial charge < -0.3 is 29.9 Å². The first kappa shape index (κ1) is 29.5. The average Bonchev–Trinajstić information content (AvgIpc) is 2.88. The van der Waals surface area contributed by atoms with Crippen LogP contribution in [0.4, 0.5) is 0 Å². The third-order valence-electron chi connectivity index (χ3n) is 5.44. The van der Waals surface area contributed by atoms with Gasteiger partial charge in [-0.2, -0.15) is 0 Å². The summed E-state index contributed by atoms with van der Waals surface area (Å²) < 4.78 is 10.2. The summed E-state index contributed by atoms with van der Waals surface area (Å²) in [6.07, 6.45) is 4.07. The summed E-state index contributed by atoms with van der Waals surface area (Å²) in [5.74, 6) is -7.22. The molecule has 0 aliphatic carbocycles. The van der Waals surface area contributed by atoms with Gasteiger partial charge in [0, 0.05) is 0 Å². The minimum atomic E-state index is -1.44. The summed E-state index contributed by atoms with van der Waals surface area (Å²) in [7, 11) is 0. The van der Waals surface area contributed by atoms with Gasteiger partial charge in [0.15, 0.2) is 0 Å². The first-order chi connectivity index (χ1) is 18.0. The van der Waals surface area contributed by atoms with E-state index in [0.717, 1.165) is 49.2 Å². The van der Waals surface area contributed by atoms with Crippen LogP contribution in [0.25, 0.3) is 0 Å². The normalized spacial score (nSPS) is 10.4. The highest BCUT2D eigenvalue weighted by atomic mass is 16.5. The number of aromatic carboxylic acids is 4. The maximum absolute atomic E-state index is 12.2. The van der Waals surface area contributed by atoms with Crippen LogP contribution in [-0.2, 0) is 9.47 Å². The first-order valence-corrected chi connectivity index (χ1v) is 11.6. The number of hydrogen-bond donors (Lipinski definition) is 4. The molecule has 0 fully saturated rings. The van der Waals surface area contributed by atoms with Gasteiger partial charge in [0.2, 0.25) is 0 Å². The van der Waals surface area contributed by atoms with Crippen molar-refractivity contribution in [2.45, 2.75) is 38.5 Å². The summed E-state index contributed by atoms with van der Waals surface area (Å²) >= 11 is 0. The van der Waals surface area contributed by atoms with Crippen LogP contribution >= 0.6 is 0 Å². The van der Waals surface area contributed by atoms with Crippen LogP contribution in [0.1, 0.15) is 101 Å². The van der Waals surface area contributed by atoms with Crippen molar-refractivity contribution in [1.29, 1.82) is 0 Å². The molecule has 38 heavy (non-hydrogen) atoms. The molecular formula is C26H26O12. The largest absolute Gasteiger partial charge is 0.478 e. The third-order valence-corrected chi connectivity index (χ3v) is 5.44. The lowest BCUT2D eigenvalue weighted by Gasteiger charge is -2.09. The van der Waals surface area contributed by atoms with E-state index in [2.05, 4.69) is 0 Å². The number of benzene rings is 2. The second kappa shape index (κ2) is 14.1. The minimum absolute atomic E-state index is 0.0583. The number of esters is 2. The molecule has 2 aromatic carbocycles. The number of ether oxygens (including phenoxy) is 2. The Balaban J connectivity index is 1.66. The van der Waals surface area contributed by atoms with Gasteiger partial charge in [-0.25, -0.2) is 28.8 Å². The molecule has 4 N–H and O–H groups in total. The molecule has 0 amide bonds. The molecule has 12 heteroatoms. The van der Waals surface area contributed by atoms with E-state index in [1.165, 1.54) is 0 Å². The third kappa shape index (κ3) is 8.43. The van der Waals surface area contributed by atoms with Crippen molar-refractivity contribution in [3.8, 4) is 0 Å². The molecule has 0 heterocycles. The Morgan fingerprint density at radius 1 is 0.474 bits per heavy atom. The Bertz CT molecular complexity index is 1140. The number of carbonyl (C=O) groups is 6. The van der Waals surface area contributed by atoms with Gasteiger partial charge in [-0.1, -0.05) is 25.7 Å². The number of carboxylic acid groups (broad SMARTS) is 4. The summed E-state index contributed by atoms with van der Waals surface area (Å²) in [6, 6.07) is 6.27. The van der Waals surface area contributed by atoms with Crippen molar-refractivity contribution in [2.75, 3.05) is 13.2 Å². The molecule has 0 saturated carbocycles. The van der Waals surface area contributed by atoms with Crippen molar-refractivity contribution in [1.82, 2.24) is 0 Å². The minimum Gasteiger partial charge on any atom is -0.478 e. The van der Waals surface area contributed by atoms with E-state index in [1.807, 2.05) is 0 Å². The topological polar surface area (TPSA) is 202 Å². The number of carboxylic acids is 4. The molecule has 2 aromatic rings. The smallest absolute Gasteiger partial charge is 0.339 e. The standard InChI is InChI=1S/C26H26O12/c27-21(28)15-7-9-17(19(13-15)23(31)32)25(35)37-11-5-3-1-2-4-6-12-38-26(36)18-10-8-16(22(29)30)14-20(18)24(33)34/h7-10,13-14H,1-6,11-12H2,(H,27,28)(H,29,30)(H,31,32)(H,33,34). The fraction of sp³-hybridized carbons (Fsp3) is 0.308. The summed E-state index contributed by atoms with van der Waals surface area (Å²) in [5, 5.41) is 36.4. The van der Waals surface area contributed by atoms with Gasteiger partial charge in [-0.3, -0.25) is 0 Å². The zero-order valence-electron chi connectivity index (χ0n) is 20.2. The molecule has 0 atom stereocenters. The van der Waals surface area contributed by atoms with Gasteiger partial charge in [-0.15, -0.1) is 0 Å². The second-order valence-electron chi connectivity index (χ2n) is 8.13. The first-order valence-electron chi connectivity index (χ1n) is 11.6. The molecule has 0 aliphatic rings. The Morgan fingerprint density at radius 3 is 1.13 bits per heavy atom. The fourth-order valence-corrected chi connectivity index (χ4v) is 3.46. The molecule has 0 radical (unpaired) electrons. The Kier molecular flexibility index (Phi) is 11.0.